The first kappa shape index (κ1) is 10.5. The number of Topliss-reactive ketones (excluding diaryl/α,β-unsaturated/α-hetero) is 1. The highest BCUT2D eigenvalue weighted by Crippen LogP contribution is 2.27. The molecule has 1 fully saturated rings. The van der Waals surface area contributed by atoms with Crippen LogP contribution >= 0.6 is 11.8 Å². The lowest BCUT2D eigenvalue weighted by Gasteiger charge is -2.09. The van der Waals surface area contributed by atoms with Crippen molar-refractivity contribution >= 4 is 23.5 Å². The third-order valence-electron chi connectivity index (χ3n) is 2.03. The largest absolute Gasteiger partial charge is 0.480 e. The van der Waals surface area contributed by atoms with E-state index in [0.29, 0.717) is 18.6 Å². The molecule has 4 nitrogen and oxygen atoms in total. The number of thioether (sulfide) groups is 1. The van der Waals surface area contributed by atoms with Crippen LogP contribution in [0.2, 0.25) is 0 Å². The summed E-state index contributed by atoms with van der Waals surface area (Å²) in [4.78, 5) is 21.2. The molecule has 1 aliphatic rings. The number of aliphatic carboxylic acids is 1. The lowest BCUT2D eigenvalue weighted by Crippen LogP contribution is -2.33. The molecule has 0 radical (unpaired) electrons. The number of carboxylic acid groups (broad SMARTS) is 1. The highest BCUT2D eigenvalue weighted by atomic mass is 32.2. The Morgan fingerprint density at radius 1 is 1.77 bits per heavy atom. The summed E-state index contributed by atoms with van der Waals surface area (Å²) in [6.07, 6.45) is 2.09. The van der Waals surface area contributed by atoms with Gasteiger partial charge in [0.15, 0.2) is 0 Å². The summed E-state index contributed by atoms with van der Waals surface area (Å²) >= 11 is 1.50. The molecular weight excluding hydrogens is 190 g/mol. The maximum Gasteiger partial charge on any atom is 0.321 e. The minimum atomic E-state index is -0.975. The van der Waals surface area contributed by atoms with E-state index < -0.39 is 12.0 Å². The molecule has 0 aromatic carbocycles. The van der Waals surface area contributed by atoms with Crippen molar-refractivity contribution in [2.24, 2.45) is 5.73 Å². The molecule has 74 valence electrons. The number of nitrogens with two attached hydrogens (primary N) is 1. The number of carboxylic acids is 1. The van der Waals surface area contributed by atoms with E-state index in [2.05, 4.69) is 0 Å². The lowest BCUT2D eigenvalue weighted by atomic mass is 10.4. The zero-order chi connectivity index (χ0) is 9.84. The van der Waals surface area contributed by atoms with Crippen molar-refractivity contribution < 1.29 is 14.7 Å². The molecule has 0 saturated heterocycles. The first-order valence-corrected chi connectivity index (χ1v) is 5.26. The van der Waals surface area contributed by atoms with Gasteiger partial charge in [0, 0.05) is 23.8 Å². The Labute approximate surface area is 80.9 Å². The summed E-state index contributed by atoms with van der Waals surface area (Å²) in [6.45, 7) is 0. The molecule has 0 aliphatic heterocycles. The molecule has 1 saturated carbocycles. The van der Waals surface area contributed by atoms with Gasteiger partial charge in [-0.25, -0.2) is 0 Å². The van der Waals surface area contributed by atoms with E-state index in [-0.39, 0.29) is 11.0 Å². The molecule has 0 aromatic heterocycles. The monoisotopic (exact) mass is 203 g/mol. The van der Waals surface area contributed by atoms with Gasteiger partial charge in [0.2, 0.25) is 0 Å². The summed E-state index contributed by atoms with van der Waals surface area (Å²) in [5, 5.41) is 8.79. The smallest absolute Gasteiger partial charge is 0.321 e. The highest BCUT2D eigenvalue weighted by Gasteiger charge is 2.23. The van der Waals surface area contributed by atoms with E-state index in [9.17, 15) is 9.59 Å². The van der Waals surface area contributed by atoms with Crippen LogP contribution in [0.4, 0.5) is 0 Å². The Morgan fingerprint density at radius 3 is 2.92 bits per heavy atom. The number of ketones is 1. The summed E-state index contributed by atoms with van der Waals surface area (Å²) in [7, 11) is 0. The molecule has 0 bridgehead atoms. The minimum Gasteiger partial charge on any atom is -0.480 e. The number of carbonyl (C=O) groups is 2. The number of hydrogen-bond acceptors (Lipinski definition) is 4. The van der Waals surface area contributed by atoms with Gasteiger partial charge >= 0.3 is 5.97 Å². The Bertz CT molecular complexity index is 219. The van der Waals surface area contributed by atoms with Crippen molar-refractivity contribution in [3.63, 3.8) is 0 Å². The van der Waals surface area contributed by atoms with Crippen molar-refractivity contribution in [3.8, 4) is 0 Å². The Hall–Kier alpha value is -0.550. The maximum absolute atomic E-state index is 10.9. The second kappa shape index (κ2) is 4.62. The standard InChI is InChI=1S/C8H13NO3S/c9-7(8(11)12)4-13-6-2-1-5(10)3-6/h6-7H,1-4,9H2,(H,11,12)/t6-,7+/m1/s1. The lowest BCUT2D eigenvalue weighted by molar-refractivity contribution is -0.137. The van der Waals surface area contributed by atoms with E-state index in [1.807, 2.05) is 0 Å². The molecule has 13 heavy (non-hydrogen) atoms. The number of hydrogen-bond donors (Lipinski definition) is 2. The minimum absolute atomic E-state index is 0.279. The van der Waals surface area contributed by atoms with Gasteiger partial charge in [-0.2, -0.15) is 11.8 Å². The van der Waals surface area contributed by atoms with Crippen LogP contribution in [0.25, 0.3) is 0 Å². The van der Waals surface area contributed by atoms with Crippen LogP contribution in [0.5, 0.6) is 0 Å². The summed E-state index contributed by atoms with van der Waals surface area (Å²) in [6, 6.07) is -0.805. The fourth-order valence-corrected chi connectivity index (χ4v) is 2.44. The number of carbonyl (C=O) groups excluding carboxylic acids is 1. The van der Waals surface area contributed by atoms with Gasteiger partial charge in [0.05, 0.1) is 0 Å². The molecule has 2 atom stereocenters. The molecular formula is C8H13NO3S. The van der Waals surface area contributed by atoms with Crippen molar-refractivity contribution in [1.29, 1.82) is 0 Å². The van der Waals surface area contributed by atoms with Crippen LogP contribution in [0.1, 0.15) is 19.3 Å². The Morgan fingerprint density at radius 2 is 2.46 bits per heavy atom. The average Bonchev–Trinajstić information content (AvgIpc) is 2.47. The van der Waals surface area contributed by atoms with Crippen LogP contribution in [0.3, 0.4) is 0 Å². The second-order valence-electron chi connectivity index (χ2n) is 3.18. The van der Waals surface area contributed by atoms with Crippen LogP contribution in [-0.2, 0) is 9.59 Å². The third-order valence-corrected chi connectivity index (χ3v) is 3.45. The number of rotatable bonds is 4. The molecule has 1 aliphatic carbocycles. The summed E-state index contributed by atoms with van der Waals surface area (Å²) in [5.74, 6) is -0.300. The fraction of sp³-hybridized carbons (Fsp3) is 0.750. The van der Waals surface area contributed by atoms with E-state index in [1.165, 1.54) is 11.8 Å². The fourth-order valence-electron chi connectivity index (χ4n) is 1.23. The van der Waals surface area contributed by atoms with Crippen molar-refractivity contribution in [1.82, 2.24) is 0 Å². The van der Waals surface area contributed by atoms with Crippen LogP contribution in [0.15, 0.2) is 0 Å². The average molecular weight is 203 g/mol. The molecule has 0 amide bonds. The predicted octanol–water partition coefficient (Wildman–Crippen LogP) is 0.253. The van der Waals surface area contributed by atoms with Crippen LogP contribution < -0.4 is 5.73 Å². The van der Waals surface area contributed by atoms with Crippen molar-refractivity contribution in [3.05, 3.63) is 0 Å². The van der Waals surface area contributed by atoms with E-state index >= 15 is 0 Å². The maximum atomic E-state index is 10.9. The van der Waals surface area contributed by atoms with Gasteiger partial charge in [-0.1, -0.05) is 0 Å². The highest BCUT2D eigenvalue weighted by molar-refractivity contribution is 8.00. The normalized spacial score (nSPS) is 24.7. The van der Waals surface area contributed by atoms with Crippen molar-refractivity contribution in [2.75, 3.05) is 5.75 Å². The molecule has 5 heteroatoms. The van der Waals surface area contributed by atoms with Gasteiger partial charge in [0.1, 0.15) is 11.8 Å². The van der Waals surface area contributed by atoms with Gasteiger partial charge in [-0.05, 0) is 6.42 Å². The SMILES string of the molecule is N[C@@H](CS[C@@H]1CCC(=O)C1)C(=O)O. The third kappa shape index (κ3) is 3.36. The Balaban J connectivity index is 2.19. The van der Waals surface area contributed by atoms with E-state index in [0.717, 1.165) is 6.42 Å². The quantitative estimate of drug-likeness (QED) is 0.684. The van der Waals surface area contributed by atoms with Gasteiger partial charge < -0.3 is 10.8 Å². The molecule has 1 rings (SSSR count). The zero-order valence-electron chi connectivity index (χ0n) is 7.23. The first-order valence-electron chi connectivity index (χ1n) is 4.21. The Kier molecular flexibility index (Phi) is 3.74. The molecule has 0 spiro atoms. The molecule has 0 aromatic rings. The van der Waals surface area contributed by atoms with E-state index in [4.69, 9.17) is 10.8 Å². The molecule has 3 N–H and O–H groups in total. The molecule has 0 unspecified atom stereocenters. The molecule has 0 heterocycles. The first-order chi connectivity index (χ1) is 6.09. The van der Waals surface area contributed by atoms with Gasteiger partial charge in [-0.15, -0.1) is 0 Å². The van der Waals surface area contributed by atoms with Gasteiger partial charge in [0.25, 0.3) is 0 Å². The van der Waals surface area contributed by atoms with Crippen LogP contribution in [-0.4, -0.2) is 33.9 Å². The second-order valence-corrected chi connectivity index (χ2v) is 4.51. The predicted molar refractivity (Wildman–Crippen MR) is 50.7 cm³/mol. The van der Waals surface area contributed by atoms with E-state index in [1.54, 1.807) is 0 Å². The van der Waals surface area contributed by atoms with Crippen LogP contribution in [0, 0.1) is 0 Å². The van der Waals surface area contributed by atoms with Crippen molar-refractivity contribution in [2.45, 2.75) is 30.6 Å². The summed E-state index contributed by atoms with van der Waals surface area (Å²) < 4.78 is 0. The topological polar surface area (TPSA) is 80.4 Å². The summed E-state index contributed by atoms with van der Waals surface area (Å²) in [5.41, 5.74) is 5.32. The van der Waals surface area contributed by atoms with Gasteiger partial charge in [-0.3, -0.25) is 9.59 Å². The zero-order valence-corrected chi connectivity index (χ0v) is 8.05.